The van der Waals surface area contributed by atoms with Crippen LogP contribution in [0.4, 0.5) is 23.4 Å². The van der Waals surface area contributed by atoms with E-state index in [1.165, 1.54) is 22.8 Å². The molecule has 3 aromatic rings. The molecule has 0 fully saturated rings. The van der Waals surface area contributed by atoms with Gasteiger partial charge in [-0.1, -0.05) is 6.07 Å². The SMILES string of the molecule is Cc1c(C#N)c(NC(=O)Cn2cc(C(F)(F)F)ccc2=O)n(-c2cccc(F)c2)c1C. The Kier molecular flexibility index (Phi) is 5.71. The van der Waals surface area contributed by atoms with Gasteiger partial charge in [-0.25, -0.2) is 4.39 Å². The smallest absolute Gasteiger partial charge is 0.309 e. The van der Waals surface area contributed by atoms with Gasteiger partial charge in [-0.05, 0) is 43.7 Å². The normalized spacial score (nSPS) is 11.3. The highest BCUT2D eigenvalue weighted by Crippen LogP contribution is 2.30. The summed E-state index contributed by atoms with van der Waals surface area (Å²) in [6.07, 6.45) is -4.13. The number of anilines is 1. The molecule has 0 saturated heterocycles. The number of benzene rings is 1. The number of carbonyl (C=O) groups excluding carboxylic acids is 1. The van der Waals surface area contributed by atoms with Crippen LogP contribution in [0.2, 0.25) is 0 Å². The molecule has 0 atom stereocenters. The van der Waals surface area contributed by atoms with Crippen molar-refractivity contribution in [1.29, 1.82) is 5.26 Å². The van der Waals surface area contributed by atoms with Crippen molar-refractivity contribution >= 4 is 11.7 Å². The predicted octanol–water partition coefficient (Wildman–Crippen LogP) is 3.92. The van der Waals surface area contributed by atoms with E-state index >= 15 is 0 Å². The molecule has 0 spiro atoms. The molecule has 2 aromatic heterocycles. The average Bonchev–Trinajstić information content (AvgIpc) is 2.92. The lowest BCUT2D eigenvalue weighted by Gasteiger charge is -2.14. The number of halogens is 4. The van der Waals surface area contributed by atoms with Crippen LogP contribution in [0.25, 0.3) is 5.69 Å². The van der Waals surface area contributed by atoms with E-state index in [2.05, 4.69) is 5.32 Å². The van der Waals surface area contributed by atoms with E-state index in [9.17, 15) is 32.4 Å². The van der Waals surface area contributed by atoms with E-state index in [4.69, 9.17) is 0 Å². The van der Waals surface area contributed by atoms with Crippen molar-refractivity contribution in [2.45, 2.75) is 26.6 Å². The summed E-state index contributed by atoms with van der Waals surface area (Å²) >= 11 is 0. The Hall–Kier alpha value is -3.87. The fourth-order valence-electron chi connectivity index (χ4n) is 3.15. The molecule has 0 radical (unpaired) electrons. The van der Waals surface area contributed by atoms with Crippen LogP contribution in [0.5, 0.6) is 0 Å². The third-order valence-corrected chi connectivity index (χ3v) is 4.77. The van der Waals surface area contributed by atoms with Crippen molar-refractivity contribution in [3.63, 3.8) is 0 Å². The van der Waals surface area contributed by atoms with Gasteiger partial charge >= 0.3 is 6.18 Å². The third kappa shape index (κ3) is 4.35. The van der Waals surface area contributed by atoms with Gasteiger partial charge in [0.05, 0.1) is 16.8 Å². The fourth-order valence-corrected chi connectivity index (χ4v) is 3.15. The second kappa shape index (κ2) is 8.10. The van der Waals surface area contributed by atoms with Crippen molar-refractivity contribution in [3.8, 4) is 11.8 Å². The van der Waals surface area contributed by atoms with Crippen LogP contribution < -0.4 is 10.9 Å². The molecule has 0 bridgehead atoms. The van der Waals surface area contributed by atoms with Crippen molar-refractivity contribution in [2.75, 3.05) is 5.32 Å². The molecule has 1 N–H and O–H groups in total. The highest BCUT2D eigenvalue weighted by atomic mass is 19.4. The van der Waals surface area contributed by atoms with Crippen LogP contribution in [0.1, 0.15) is 22.4 Å². The Morgan fingerprint density at radius 2 is 1.90 bits per heavy atom. The zero-order valence-electron chi connectivity index (χ0n) is 16.4. The lowest BCUT2D eigenvalue weighted by Crippen LogP contribution is -2.28. The first-order chi connectivity index (χ1) is 14.5. The van der Waals surface area contributed by atoms with Crippen molar-refractivity contribution < 1.29 is 22.4 Å². The number of nitriles is 1. The number of amides is 1. The molecule has 0 aliphatic carbocycles. The molecule has 1 aromatic carbocycles. The van der Waals surface area contributed by atoms with Gasteiger partial charge in [0.25, 0.3) is 5.56 Å². The molecule has 6 nitrogen and oxygen atoms in total. The number of carbonyl (C=O) groups is 1. The summed E-state index contributed by atoms with van der Waals surface area (Å²) in [6.45, 7) is 2.62. The Morgan fingerprint density at radius 3 is 2.52 bits per heavy atom. The lowest BCUT2D eigenvalue weighted by atomic mass is 10.2. The molecule has 0 unspecified atom stereocenters. The molecule has 0 aliphatic heterocycles. The number of rotatable bonds is 4. The van der Waals surface area contributed by atoms with Gasteiger partial charge in [-0.2, -0.15) is 18.4 Å². The number of alkyl halides is 3. The maximum absolute atomic E-state index is 13.7. The van der Waals surface area contributed by atoms with Gasteiger partial charge in [-0.15, -0.1) is 0 Å². The van der Waals surface area contributed by atoms with E-state index < -0.39 is 35.6 Å². The summed E-state index contributed by atoms with van der Waals surface area (Å²) in [6, 6.07) is 8.80. The molecule has 1 amide bonds. The van der Waals surface area contributed by atoms with Gasteiger partial charge in [0.15, 0.2) is 0 Å². The van der Waals surface area contributed by atoms with Gasteiger partial charge in [0, 0.05) is 18.0 Å². The maximum atomic E-state index is 13.7. The Morgan fingerprint density at radius 1 is 1.19 bits per heavy atom. The number of hydrogen-bond donors (Lipinski definition) is 1. The minimum absolute atomic E-state index is 0.0353. The molecule has 0 aliphatic rings. The third-order valence-electron chi connectivity index (χ3n) is 4.77. The van der Waals surface area contributed by atoms with Gasteiger partial charge in [0.1, 0.15) is 24.2 Å². The molecule has 31 heavy (non-hydrogen) atoms. The molecule has 0 saturated carbocycles. The minimum Gasteiger partial charge on any atom is -0.309 e. The highest BCUT2D eigenvalue weighted by Gasteiger charge is 2.31. The first-order valence-electron chi connectivity index (χ1n) is 8.98. The first kappa shape index (κ1) is 21.8. The predicted molar refractivity (Wildman–Crippen MR) is 104 cm³/mol. The molecule has 10 heteroatoms. The van der Waals surface area contributed by atoms with Crippen LogP contribution >= 0.6 is 0 Å². The van der Waals surface area contributed by atoms with Crippen LogP contribution in [-0.4, -0.2) is 15.0 Å². The quantitative estimate of drug-likeness (QED) is 0.635. The van der Waals surface area contributed by atoms with Crippen molar-refractivity contribution in [3.05, 3.63) is 81.2 Å². The topological polar surface area (TPSA) is 79.8 Å². The van der Waals surface area contributed by atoms with Crippen molar-refractivity contribution in [2.24, 2.45) is 0 Å². The monoisotopic (exact) mass is 432 g/mol. The van der Waals surface area contributed by atoms with Crippen LogP contribution in [-0.2, 0) is 17.5 Å². The number of pyridine rings is 1. The molecule has 3 rings (SSSR count). The van der Waals surface area contributed by atoms with E-state index in [1.54, 1.807) is 19.9 Å². The number of nitrogens with zero attached hydrogens (tertiary/aromatic N) is 3. The van der Waals surface area contributed by atoms with Gasteiger partial charge in [0.2, 0.25) is 5.91 Å². The average molecular weight is 432 g/mol. The van der Waals surface area contributed by atoms with Crippen molar-refractivity contribution in [1.82, 2.24) is 9.13 Å². The second-order valence-electron chi connectivity index (χ2n) is 6.79. The zero-order chi connectivity index (χ0) is 22.9. The van der Waals surface area contributed by atoms with Crippen LogP contribution in [0.15, 0.2) is 47.4 Å². The summed E-state index contributed by atoms with van der Waals surface area (Å²) in [4.78, 5) is 24.5. The van der Waals surface area contributed by atoms with E-state index in [-0.39, 0.29) is 11.4 Å². The molecular formula is C21H16F4N4O2. The fraction of sp³-hybridized carbons (Fsp3) is 0.190. The Balaban J connectivity index is 2.00. The molecular weight excluding hydrogens is 416 g/mol. The largest absolute Gasteiger partial charge is 0.417 e. The Labute approximate surface area is 174 Å². The second-order valence-corrected chi connectivity index (χ2v) is 6.79. The lowest BCUT2D eigenvalue weighted by molar-refractivity contribution is -0.138. The zero-order valence-corrected chi connectivity index (χ0v) is 16.4. The molecule has 160 valence electrons. The van der Waals surface area contributed by atoms with E-state index in [0.717, 1.165) is 6.07 Å². The summed E-state index contributed by atoms with van der Waals surface area (Å²) in [5.74, 6) is -1.32. The summed E-state index contributed by atoms with van der Waals surface area (Å²) in [7, 11) is 0. The number of hydrogen-bond acceptors (Lipinski definition) is 3. The molecule has 2 heterocycles. The maximum Gasteiger partial charge on any atom is 0.417 e. The minimum atomic E-state index is -4.68. The number of aromatic nitrogens is 2. The Bertz CT molecular complexity index is 1270. The van der Waals surface area contributed by atoms with Crippen LogP contribution in [0, 0.1) is 31.0 Å². The van der Waals surface area contributed by atoms with Crippen LogP contribution in [0.3, 0.4) is 0 Å². The number of nitrogens with one attached hydrogen (secondary N) is 1. The van der Waals surface area contributed by atoms with E-state index in [0.29, 0.717) is 33.8 Å². The van der Waals surface area contributed by atoms with Gasteiger partial charge < -0.3 is 9.88 Å². The summed E-state index contributed by atoms with van der Waals surface area (Å²) in [5, 5.41) is 12.0. The van der Waals surface area contributed by atoms with E-state index in [1.807, 2.05) is 6.07 Å². The first-order valence-corrected chi connectivity index (χ1v) is 8.98. The summed E-state index contributed by atoms with van der Waals surface area (Å²) < 4.78 is 54.6. The van der Waals surface area contributed by atoms with Gasteiger partial charge in [-0.3, -0.25) is 14.2 Å². The highest BCUT2D eigenvalue weighted by molar-refractivity contribution is 5.92. The summed E-state index contributed by atoms with van der Waals surface area (Å²) in [5.41, 5.74) is -0.309. The standard InChI is InChI=1S/C21H16F4N4O2/c1-12-13(2)29(16-5-3-4-15(22)8-16)20(17(12)9-26)27-18(30)11-28-10-14(21(23,24)25)6-7-19(28)31/h3-8,10H,11H2,1-2H3,(H,27,30).